The van der Waals surface area contributed by atoms with Crippen molar-refractivity contribution >= 4 is 0 Å². The van der Waals surface area contributed by atoms with Crippen LogP contribution in [0.3, 0.4) is 0 Å². The molecule has 1 nitrogen and oxygen atoms in total. The maximum absolute atomic E-state index is 3.80. The highest BCUT2D eigenvalue weighted by Crippen LogP contribution is 2.40. The Balaban J connectivity index is 1.83. The van der Waals surface area contributed by atoms with Gasteiger partial charge in [0.2, 0.25) is 0 Å². The van der Waals surface area contributed by atoms with Crippen LogP contribution in [-0.4, -0.2) is 6.54 Å². The van der Waals surface area contributed by atoms with Crippen LogP contribution < -0.4 is 5.32 Å². The van der Waals surface area contributed by atoms with Gasteiger partial charge in [0.25, 0.3) is 0 Å². The fraction of sp³-hybridized carbons (Fsp3) is 0.700. The molecule has 2 aliphatic rings. The van der Waals surface area contributed by atoms with E-state index in [0.29, 0.717) is 6.04 Å². The average Bonchev–Trinajstić information content (AvgIpc) is 2.91. The first-order chi connectivity index (χ1) is 10.2. The SMILES string of the molecule is CCNC(c1ccc2c(c1)CCC2)C1CC(C)CC(C)C1. The zero-order valence-corrected chi connectivity index (χ0v) is 14.0. The number of benzene rings is 1. The van der Waals surface area contributed by atoms with E-state index >= 15 is 0 Å². The van der Waals surface area contributed by atoms with Gasteiger partial charge in [-0.25, -0.2) is 0 Å². The summed E-state index contributed by atoms with van der Waals surface area (Å²) in [6.07, 6.45) is 8.12. The molecular formula is C20H31N. The number of hydrogen-bond acceptors (Lipinski definition) is 1. The van der Waals surface area contributed by atoms with Crippen LogP contribution in [0, 0.1) is 17.8 Å². The monoisotopic (exact) mass is 285 g/mol. The van der Waals surface area contributed by atoms with Gasteiger partial charge >= 0.3 is 0 Å². The van der Waals surface area contributed by atoms with Gasteiger partial charge in [0.15, 0.2) is 0 Å². The number of aryl methyl sites for hydroxylation is 2. The molecule has 1 aromatic carbocycles. The maximum Gasteiger partial charge on any atom is 0.0348 e. The van der Waals surface area contributed by atoms with Crippen LogP contribution in [0.1, 0.15) is 69.2 Å². The molecule has 3 unspecified atom stereocenters. The second kappa shape index (κ2) is 6.52. The lowest BCUT2D eigenvalue weighted by Crippen LogP contribution is -2.33. The highest BCUT2D eigenvalue weighted by Gasteiger charge is 2.30. The van der Waals surface area contributed by atoms with Crippen LogP contribution in [0.5, 0.6) is 0 Å². The second-order valence-electron chi connectivity index (χ2n) is 7.59. The predicted octanol–water partition coefficient (Wildman–Crippen LogP) is 4.90. The Hall–Kier alpha value is -0.820. The van der Waals surface area contributed by atoms with Gasteiger partial charge in [0.1, 0.15) is 0 Å². The van der Waals surface area contributed by atoms with Crippen LogP contribution in [0.4, 0.5) is 0 Å². The summed E-state index contributed by atoms with van der Waals surface area (Å²) in [5.41, 5.74) is 4.76. The van der Waals surface area contributed by atoms with E-state index in [1.54, 1.807) is 16.7 Å². The third-order valence-electron chi connectivity index (χ3n) is 5.59. The molecule has 3 atom stereocenters. The first-order valence-electron chi connectivity index (χ1n) is 9.02. The van der Waals surface area contributed by atoms with Crippen molar-refractivity contribution in [2.24, 2.45) is 17.8 Å². The fourth-order valence-electron chi connectivity index (χ4n) is 4.84. The fourth-order valence-corrected chi connectivity index (χ4v) is 4.84. The lowest BCUT2D eigenvalue weighted by atomic mass is 9.72. The molecule has 1 heteroatoms. The molecule has 0 aromatic heterocycles. The van der Waals surface area contributed by atoms with Crippen molar-refractivity contribution in [2.45, 2.75) is 65.3 Å². The Morgan fingerprint density at radius 3 is 2.48 bits per heavy atom. The summed E-state index contributed by atoms with van der Waals surface area (Å²) in [7, 11) is 0. The van der Waals surface area contributed by atoms with Gasteiger partial charge in [-0.15, -0.1) is 0 Å². The molecule has 1 aromatic rings. The van der Waals surface area contributed by atoms with Gasteiger partial charge < -0.3 is 5.32 Å². The van der Waals surface area contributed by atoms with Gasteiger partial charge in [-0.2, -0.15) is 0 Å². The van der Waals surface area contributed by atoms with E-state index in [1.807, 2.05) is 0 Å². The lowest BCUT2D eigenvalue weighted by Gasteiger charge is -2.37. The Bertz CT molecular complexity index is 469. The minimum atomic E-state index is 0.561. The molecule has 116 valence electrons. The quantitative estimate of drug-likeness (QED) is 0.830. The minimum Gasteiger partial charge on any atom is -0.310 e. The van der Waals surface area contributed by atoms with Crippen LogP contribution >= 0.6 is 0 Å². The maximum atomic E-state index is 3.80. The van der Waals surface area contributed by atoms with E-state index < -0.39 is 0 Å². The Kier molecular flexibility index (Phi) is 4.69. The summed E-state index contributed by atoms with van der Waals surface area (Å²) in [4.78, 5) is 0. The second-order valence-corrected chi connectivity index (χ2v) is 7.59. The van der Waals surface area contributed by atoms with Gasteiger partial charge in [-0.05, 0) is 79.5 Å². The third-order valence-corrected chi connectivity index (χ3v) is 5.59. The molecule has 0 bridgehead atoms. The highest BCUT2D eigenvalue weighted by atomic mass is 14.9. The third kappa shape index (κ3) is 3.34. The van der Waals surface area contributed by atoms with E-state index in [2.05, 4.69) is 44.3 Å². The summed E-state index contributed by atoms with van der Waals surface area (Å²) in [5.74, 6) is 2.58. The van der Waals surface area contributed by atoms with E-state index in [1.165, 1.54) is 38.5 Å². The van der Waals surface area contributed by atoms with Crippen LogP contribution in [0.25, 0.3) is 0 Å². The highest BCUT2D eigenvalue weighted by molar-refractivity contribution is 5.36. The van der Waals surface area contributed by atoms with Gasteiger partial charge in [-0.1, -0.05) is 39.0 Å². The summed E-state index contributed by atoms with van der Waals surface area (Å²) in [5, 5.41) is 3.80. The van der Waals surface area contributed by atoms with E-state index in [0.717, 1.165) is 24.3 Å². The molecule has 1 N–H and O–H groups in total. The zero-order valence-electron chi connectivity index (χ0n) is 14.0. The van der Waals surface area contributed by atoms with Crippen molar-refractivity contribution in [3.05, 3.63) is 34.9 Å². The van der Waals surface area contributed by atoms with Crippen molar-refractivity contribution in [1.82, 2.24) is 5.32 Å². The van der Waals surface area contributed by atoms with Crippen LogP contribution in [0.15, 0.2) is 18.2 Å². The first-order valence-corrected chi connectivity index (χ1v) is 9.02. The molecule has 21 heavy (non-hydrogen) atoms. The van der Waals surface area contributed by atoms with Crippen molar-refractivity contribution in [2.75, 3.05) is 6.54 Å². The molecular weight excluding hydrogens is 254 g/mol. The molecule has 0 heterocycles. The Labute approximate surface area is 130 Å². The van der Waals surface area contributed by atoms with Crippen LogP contribution in [0.2, 0.25) is 0 Å². The lowest BCUT2D eigenvalue weighted by molar-refractivity contribution is 0.177. The average molecular weight is 285 g/mol. The predicted molar refractivity (Wildman–Crippen MR) is 90.6 cm³/mol. The standard InChI is InChI=1S/C20H31N/c1-4-21-20(19-11-14(2)10-15(3)12-19)18-9-8-16-6-5-7-17(16)13-18/h8-9,13-15,19-21H,4-7,10-12H2,1-3H3. The van der Waals surface area contributed by atoms with E-state index in [4.69, 9.17) is 0 Å². The van der Waals surface area contributed by atoms with Gasteiger partial charge in [0, 0.05) is 6.04 Å². The summed E-state index contributed by atoms with van der Waals surface area (Å²) < 4.78 is 0. The molecule has 0 amide bonds. The van der Waals surface area contributed by atoms with Crippen molar-refractivity contribution in [3.8, 4) is 0 Å². The molecule has 3 rings (SSSR count). The minimum absolute atomic E-state index is 0.561. The molecule has 0 spiro atoms. The van der Waals surface area contributed by atoms with Crippen LogP contribution in [-0.2, 0) is 12.8 Å². The largest absolute Gasteiger partial charge is 0.310 e. The molecule has 0 radical (unpaired) electrons. The van der Waals surface area contributed by atoms with Crippen molar-refractivity contribution in [3.63, 3.8) is 0 Å². The van der Waals surface area contributed by atoms with E-state index in [9.17, 15) is 0 Å². The summed E-state index contributed by atoms with van der Waals surface area (Å²) in [6, 6.07) is 7.88. The normalized spacial score (nSPS) is 30.1. The Morgan fingerprint density at radius 2 is 1.76 bits per heavy atom. The van der Waals surface area contributed by atoms with Crippen molar-refractivity contribution < 1.29 is 0 Å². The molecule has 1 saturated carbocycles. The zero-order chi connectivity index (χ0) is 14.8. The topological polar surface area (TPSA) is 12.0 Å². The number of fused-ring (bicyclic) bond motifs is 1. The number of hydrogen-bond donors (Lipinski definition) is 1. The molecule has 0 aliphatic heterocycles. The first kappa shape index (κ1) is 15.1. The smallest absolute Gasteiger partial charge is 0.0348 e. The molecule has 1 fully saturated rings. The van der Waals surface area contributed by atoms with Crippen molar-refractivity contribution in [1.29, 1.82) is 0 Å². The molecule has 2 aliphatic carbocycles. The molecule has 0 saturated heterocycles. The number of nitrogens with one attached hydrogen (secondary N) is 1. The summed E-state index contributed by atoms with van der Waals surface area (Å²) >= 11 is 0. The number of rotatable bonds is 4. The van der Waals surface area contributed by atoms with E-state index in [-0.39, 0.29) is 0 Å². The van der Waals surface area contributed by atoms with Gasteiger partial charge in [0.05, 0.1) is 0 Å². The summed E-state index contributed by atoms with van der Waals surface area (Å²) in [6.45, 7) is 8.19. The Morgan fingerprint density at radius 1 is 1.05 bits per heavy atom. The van der Waals surface area contributed by atoms with Gasteiger partial charge in [-0.3, -0.25) is 0 Å².